The van der Waals surface area contributed by atoms with Crippen molar-refractivity contribution in [2.75, 3.05) is 18.5 Å². The Morgan fingerprint density at radius 2 is 1.85 bits per heavy atom. The molecule has 20 heavy (non-hydrogen) atoms. The lowest BCUT2D eigenvalue weighted by molar-refractivity contribution is 0.482. The van der Waals surface area contributed by atoms with Crippen LogP contribution >= 0.6 is 0 Å². The zero-order chi connectivity index (χ0) is 14.5. The van der Waals surface area contributed by atoms with Gasteiger partial charge < -0.3 is 14.6 Å². The van der Waals surface area contributed by atoms with Crippen molar-refractivity contribution < 1.29 is 4.42 Å². The second-order valence-corrected chi connectivity index (χ2v) is 5.24. The summed E-state index contributed by atoms with van der Waals surface area (Å²) in [6.07, 6.45) is 0. The molecule has 0 aliphatic carbocycles. The summed E-state index contributed by atoms with van der Waals surface area (Å²) in [4.78, 5) is 2.19. The summed E-state index contributed by atoms with van der Waals surface area (Å²) in [5.74, 6) is 1.96. The molecule has 0 spiro atoms. The van der Waals surface area contributed by atoms with Crippen molar-refractivity contribution in [3.63, 3.8) is 0 Å². The van der Waals surface area contributed by atoms with Crippen LogP contribution in [0.1, 0.15) is 37.0 Å². The van der Waals surface area contributed by atoms with Crippen LogP contribution < -0.4 is 10.2 Å². The highest BCUT2D eigenvalue weighted by molar-refractivity contribution is 5.47. The lowest BCUT2D eigenvalue weighted by Crippen LogP contribution is -2.18. The predicted molar refractivity (Wildman–Crippen MR) is 84.1 cm³/mol. The molecule has 1 atom stereocenters. The van der Waals surface area contributed by atoms with E-state index in [9.17, 15) is 0 Å². The average Bonchev–Trinajstić information content (AvgIpc) is 2.84. The van der Waals surface area contributed by atoms with Gasteiger partial charge in [-0.05, 0) is 50.2 Å². The van der Waals surface area contributed by atoms with Gasteiger partial charge in [-0.3, -0.25) is 0 Å². The van der Waals surface area contributed by atoms with Gasteiger partial charge in [-0.25, -0.2) is 0 Å². The Morgan fingerprint density at radius 3 is 2.40 bits per heavy atom. The molecule has 1 aromatic heterocycles. The number of rotatable bonds is 6. The van der Waals surface area contributed by atoms with E-state index in [2.05, 4.69) is 55.4 Å². The topological polar surface area (TPSA) is 28.4 Å². The Hall–Kier alpha value is -1.74. The molecule has 108 valence electrons. The normalized spacial score (nSPS) is 12.4. The highest BCUT2D eigenvalue weighted by Gasteiger charge is 2.07. The minimum atomic E-state index is 0.395. The van der Waals surface area contributed by atoms with E-state index in [1.165, 1.54) is 11.3 Å². The van der Waals surface area contributed by atoms with Crippen molar-refractivity contribution in [2.45, 2.75) is 33.4 Å². The average molecular weight is 272 g/mol. The van der Waals surface area contributed by atoms with Gasteiger partial charge in [-0.15, -0.1) is 0 Å². The van der Waals surface area contributed by atoms with E-state index in [1.807, 2.05) is 19.1 Å². The Balaban J connectivity index is 2.01. The van der Waals surface area contributed by atoms with Gasteiger partial charge in [0.25, 0.3) is 0 Å². The van der Waals surface area contributed by atoms with Crippen LogP contribution in [0, 0.1) is 6.92 Å². The van der Waals surface area contributed by atoms with Crippen molar-refractivity contribution in [3.8, 4) is 0 Å². The maximum atomic E-state index is 5.62. The molecule has 0 fully saturated rings. The van der Waals surface area contributed by atoms with Gasteiger partial charge in [-0.2, -0.15) is 0 Å². The second-order valence-electron chi connectivity index (χ2n) is 5.24. The van der Waals surface area contributed by atoms with E-state index in [0.29, 0.717) is 6.04 Å². The predicted octanol–water partition coefficient (Wildman–Crippen LogP) is 3.89. The summed E-state index contributed by atoms with van der Waals surface area (Å²) >= 11 is 0. The lowest BCUT2D eigenvalue weighted by atomic mass is 10.1. The number of benzene rings is 1. The minimum Gasteiger partial charge on any atom is -0.464 e. The molecule has 2 aromatic rings. The van der Waals surface area contributed by atoms with Gasteiger partial charge in [0.2, 0.25) is 0 Å². The van der Waals surface area contributed by atoms with Crippen LogP contribution in [0.25, 0.3) is 0 Å². The molecule has 1 heterocycles. The van der Waals surface area contributed by atoms with Gasteiger partial charge in [0.1, 0.15) is 11.5 Å². The number of furan rings is 1. The standard InChI is InChI=1S/C17H24N2O/c1-5-18-14(3)15-7-9-16(10-8-15)19(4)12-17-11-6-13(2)20-17/h6-11,14,18H,5,12H2,1-4H3. The Morgan fingerprint density at radius 1 is 1.15 bits per heavy atom. The van der Waals surface area contributed by atoms with Crippen LogP contribution in [-0.2, 0) is 6.54 Å². The van der Waals surface area contributed by atoms with Crippen molar-refractivity contribution in [1.29, 1.82) is 0 Å². The maximum absolute atomic E-state index is 5.62. The molecule has 3 heteroatoms. The molecule has 0 bridgehead atoms. The number of nitrogens with zero attached hydrogens (tertiary/aromatic N) is 1. The fourth-order valence-corrected chi connectivity index (χ4v) is 2.34. The molecule has 0 saturated carbocycles. The highest BCUT2D eigenvalue weighted by Crippen LogP contribution is 2.20. The smallest absolute Gasteiger partial charge is 0.123 e. The van der Waals surface area contributed by atoms with Crippen LogP contribution in [0.2, 0.25) is 0 Å². The van der Waals surface area contributed by atoms with E-state index in [4.69, 9.17) is 4.42 Å². The summed E-state index contributed by atoms with van der Waals surface area (Å²) in [5, 5.41) is 3.42. The van der Waals surface area contributed by atoms with Crippen molar-refractivity contribution in [3.05, 3.63) is 53.5 Å². The molecule has 0 aliphatic rings. The van der Waals surface area contributed by atoms with Crippen LogP contribution in [0.5, 0.6) is 0 Å². The number of hydrogen-bond donors (Lipinski definition) is 1. The number of anilines is 1. The fraction of sp³-hybridized carbons (Fsp3) is 0.412. The van der Waals surface area contributed by atoms with Crippen molar-refractivity contribution >= 4 is 5.69 Å². The van der Waals surface area contributed by atoms with E-state index < -0.39 is 0 Å². The molecule has 3 nitrogen and oxygen atoms in total. The van der Waals surface area contributed by atoms with E-state index >= 15 is 0 Å². The van der Waals surface area contributed by atoms with Gasteiger partial charge in [0, 0.05) is 18.8 Å². The van der Waals surface area contributed by atoms with Crippen LogP contribution in [0.4, 0.5) is 5.69 Å². The second kappa shape index (κ2) is 6.62. The molecule has 2 rings (SSSR count). The molecule has 0 radical (unpaired) electrons. The van der Waals surface area contributed by atoms with Gasteiger partial charge in [0.15, 0.2) is 0 Å². The SMILES string of the molecule is CCNC(C)c1ccc(N(C)Cc2ccc(C)o2)cc1. The van der Waals surface area contributed by atoms with Gasteiger partial charge in [-0.1, -0.05) is 19.1 Å². The first kappa shape index (κ1) is 14.7. The Bertz CT molecular complexity index is 530. The minimum absolute atomic E-state index is 0.395. The Labute approximate surface area is 121 Å². The Kier molecular flexibility index (Phi) is 4.85. The zero-order valence-electron chi connectivity index (χ0n) is 12.8. The summed E-state index contributed by atoms with van der Waals surface area (Å²) in [6.45, 7) is 8.06. The number of hydrogen-bond acceptors (Lipinski definition) is 3. The fourth-order valence-electron chi connectivity index (χ4n) is 2.34. The van der Waals surface area contributed by atoms with Crippen LogP contribution in [0.3, 0.4) is 0 Å². The lowest BCUT2D eigenvalue weighted by Gasteiger charge is -2.19. The third-order valence-electron chi connectivity index (χ3n) is 3.53. The van der Waals surface area contributed by atoms with E-state index in [-0.39, 0.29) is 0 Å². The quantitative estimate of drug-likeness (QED) is 0.864. The molecule has 1 N–H and O–H groups in total. The van der Waals surface area contributed by atoms with E-state index in [1.54, 1.807) is 0 Å². The van der Waals surface area contributed by atoms with Gasteiger partial charge in [0.05, 0.1) is 6.54 Å². The summed E-state index contributed by atoms with van der Waals surface area (Å²) < 4.78 is 5.62. The monoisotopic (exact) mass is 272 g/mol. The number of aryl methyl sites for hydroxylation is 1. The van der Waals surface area contributed by atoms with Crippen molar-refractivity contribution in [1.82, 2.24) is 5.32 Å². The van der Waals surface area contributed by atoms with Crippen LogP contribution in [-0.4, -0.2) is 13.6 Å². The molecular weight excluding hydrogens is 248 g/mol. The molecule has 1 unspecified atom stereocenters. The molecule has 0 amide bonds. The first-order valence-electron chi connectivity index (χ1n) is 7.20. The highest BCUT2D eigenvalue weighted by atomic mass is 16.3. The maximum Gasteiger partial charge on any atom is 0.123 e. The summed E-state index contributed by atoms with van der Waals surface area (Å²) in [5.41, 5.74) is 2.52. The summed E-state index contributed by atoms with van der Waals surface area (Å²) in [7, 11) is 2.08. The van der Waals surface area contributed by atoms with Crippen molar-refractivity contribution in [2.24, 2.45) is 0 Å². The largest absolute Gasteiger partial charge is 0.464 e. The molecule has 0 saturated heterocycles. The first-order valence-corrected chi connectivity index (χ1v) is 7.20. The first-order chi connectivity index (χ1) is 9.60. The summed E-state index contributed by atoms with van der Waals surface area (Å²) in [6, 6.07) is 13.1. The number of nitrogens with one attached hydrogen (secondary N) is 1. The zero-order valence-corrected chi connectivity index (χ0v) is 12.8. The van der Waals surface area contributed by atoms with Crippen LogP contribution in [0.15, 0.2) is 40.8 Å². The molecular formula is C17H24N2O. The van der Waals surface area contributed by atoms with E-state index in [0.717, 1.165) is 24.6 Å². The van der Waals surface area contributed by atoms with Gasteiger partial charge >= 0.3 is 0 Å². The third-order valence-corrected chi connectivity index (χ3v) is 3.53. The molecule has 0 aliphatic heterocycles. The molecule has 1 aromatic carbocycles. The third kappa shape index (κ3) is 3.64.